The molecule has 0 spiro atoms. The first-order valence-electron chi connectivity index (χ1n) is 9.14. The summed E-state index contributed by atoms with van der Waals surface area (Å²) in [5, 5.41) is 2.51. The van der Waals surface area contributed by atoms with Crippen molar-refractivity contribution in [1.82, 2.24) is 14.9 Å². The van der Waals surface area contributed by atoms with Gasteiger partial charge < -0.3 is 16.0 Å². The summed E-state index contributed by atoms with van der Waals surface area (Å²) < 4.78 is 0. The summed E-state index contributed by atoms with van der Waals surface area (Å²) in [6.45, 7) is 4.45. The number of pyridine rings is 2. The number of rotatable bonds is 3. The lowest BCUT2D eigenvalue weighted by molar-refractivity contribution is -0.146. The minimum atomic E-state index is -0.775. The summed E-state index contributed by atoms with van der Waals surface area (Å²) in [6.07, 6.45) is 6.15. The molecule has 3 rings (SSSR count). The smallest absolute Gasteiger partial charge is 0.313 e. The first-order valence-corrected chi connectivity index (χ1v) is 9.14. The highest BCUT2D eigenvalue weighted by Crippen LogP contribution is 2.33. The lowest BCUT2D eigenvalue weighted by Crippen LogP contribution is -2.46. The number of carbonyl (C=O) groups excluding carboxylic acids is 3. The lowest BCUT2D eigenvalue weighted by Gasteiger charge is -2.38. The van der Waals surface area contributed by atoms with E-state index in [1.807, 2.05) is 19.1 Å². The Balaban J connectivity index is 1.79. The predicted molar refractivity (Wildman–Crippen MR) is 103 cm³/mol. The van der Waals surface area contributed by atoms with Gasteiger partial charge in [0.1, 0.15) is 0 Å². The Morgan fingerprint density at radius 2 is 1.96 bits per heavy atom. The highest BCUT2D eigenvalue weighted by Gasteiger charge is 2.34. The van der Waals surface area contributed by atoms with E-state index in [9.17, 15) is 14.4 Å². The molecule has 8 nitrogen and oxygen atoms in total. The molecule has 3 N–H and O–H groups in total. The molecular formula is C20H23N5O3. The summed E-state index contributed by atoms with van der Waals surface area (Å²) in [5.41, 5.74) is 7.43. The van der Waals surface area contributed by atoms with Gasteiger partial charge in [0.15, 0.2) is 0 Å². The molecule has 0 aromatic carbocycles. The Morgan fingerprint density at radius 1 is 1.18 bits per heavy atom. The van der Waals surface area contributed by atoms with Crippen molar-refractivity contribution in [3.63, 3.8) is 0 Å². The van der Waals surface area contributed by atoms with Crippen molar-refractivity contribution in [2.24, 2.45) is 11.7 Å². The highest BCUT2D eigenvalue weighted by molar-refractivity contribution is 6.39. The molecule has 1 fully saturated rings. The number of nitrogens with zero attached hydrogens (tertiary/aromatic N) is 3. The number of carbonyl (C=O) groups is 3. The maximum atomic E-state index is 12.9. The Labute approximate surface area is 163 Å². The van der Waals surface area contributed by atoms with Crippen molar-refractivity contribution in [1.29, 1.82) is 0 Å². The minimum Gasteiger partial charge on any atom is -0.366 e. The average Bonchev–Trinajstić information content (AvgIpc) is 2.68. The van der Waals surface area contributed by atoms with Crippen molar-refractivity contribution in [3.8, 4) is 0 Å². The molecular weight excluding hydrogens is 358 g/mol. The fourth-order valence-corrected chi connectivity index (χ4v) is 3.36. The highest BCUT2D eigenvalue weighted by atomic mass is 16.2. The van der Waals surface area contributed by atoms with Crippen LogP contribution in [0.25, 0.3) is 0 Å². The molecule has 3 heterocycles. The number of hydrogen-bond acceptors (Lipinski definition) is 5. The maximum absolute atomic E-state index is 12.9. The first-order chi connectivity index (χ1) is 13.3. The second kappa shape index (κ2) is 8.16. The SMILES string of the molecule is Cc1ccc([C@@H]2CC[C@@H](C)CN2C(=O)C(=O)Nc2cncc(C(N)=O)c2)cn1. The number of primary amides is 1. The number of anilines is 1. The standard InChI is InChI=1S/C20H23N5O3/c1-12-3-6-17(14-5-4-13(2)23-9-14)25(11-12)20(28)19(27)24-16-7-15(18(21)26)8-22-10-16/h4-5,7-10,12,17H,3,6,11H2,1-2H3,(H2,21,26)(H,24,27)/t12-,17+/m1/s1. The molecule has 0 radical (unpaired) electrons. The Hall–Kier alpha value is -3.29. The number of aryl methyl sites for hydroxylation is 1. The first kappa shape index (κ1) is 19.5. The number of nitrogens with one attached hydrogen (secondary N) is 1. The van der Waals surface area contributed by atoms with E-state index in [0.717, 1.165) is 24.1 Å². The van der Waals surface area contributed by atoms with Gasteiger partial charge in [-0.2, -0.15) is 0 Å². The molecule has 1 aliphatic rings. The fourth-order valence-electron chi connectivity index (χ4n) is 3.36. The second-order valence-electron chi connectivity index (χ2n) is 7.17. The van der Waals surface area contributed by atoms with Gasteiger partial charge in [0, 0.05) is 24.6 Å². The zero-order valence-electron chi connectivity index (χ0n) is 15.9. The quantitative estimate of drug-likeness (QED) is 0.786. The van der Waals surface area contributed by atoms with Crippen LogP contribution in [0.1, 0.15) is 47.4 Å². The normalized spacial score (nSPS) is 19.1. The van der Waals surface area contributed by atoms with Crippen molar-refractivity contribution in [2.45, 2.75) is 32.7 Å². The van der Waals surface area contributed by atoms with E-state index in [1.165, 1.54) is 18.5 Å². The molecule has 146 valence electrons. The van der Waals surface area contributed by atoms with Crippen molar-refractivity contribution < 1.29 is 14.4 Å². The molecule has 0 saturated carbocycles. The topological polar surface area (TPSA) is 118 Å². The third-order valence-electron chi connectivity index (χ3n) is 4.87. The van der Waals surface area contributed by atoms with E-state index in [4.69, 9.17) is 5.73 Å². The lowest BCUT2D eigenvalue weighted by atomic mass is 9.90. The van der Waals surface area contributed by atoms with E-state index in [2.05, 4.69) is 22.2 Å². The zero-order chi connectivity index (χ0) is 20.3. The van der Waals surface area contributed by atoms with Gasteiger partial charge in [0.05, 0.1) is 23.5 Å². The van der Waals surface area contributed by atoms with E-state index in [-0.39, 0.29) is 17.3 Å². The van der Waals surface area contributed by atoms with Crippen LogP contribution in [0.15, 0.2) is 36.8 Å². The molecule has 2 atom stereocenters. The number of hydrogen-bond donors (Lipinski definition) is 2. The van der Waals surface area contributed by atoms with E-state index in [1.54, 1.807) is 11.1 Å². The van der Waals surface area contributed by atoms with Gasteiger partial charge in [0.25, 0.3) is 0 Å². The van der Waals surface area contributed by atoms with Gasteiger partial charge in [-0.15, -0.1) is 0 Å². The summed E-state index contributed by atoms with van der Waals surface area (Å²) >= 11 is 0. The Morgan fingerprint density at radius 3 is 2.64 bits per heavy atom. The number of nitrogens with two attached hydrogens (primary N) is 1. The van der Waals surface area contributed by atoms with Gasteiger partial charge >= 0.3 is 11.8 Å². The average molecular weight is 381 g/mol. The van der Waals surface area contributed by atoms with E-state index >= 15 is 0 Å². The molecule has 1 aliphatic heterocycles. The zero-order valence-corrected chi connectivity index (χ0v) is 15.9. The van der Waals surface area contributed by atoms with Gasteiger partial charge in [-0.3, -0.25) is 24.4 Å². The third kappa shape index (κ3) is 4.33. The van der Waals surface area contributed by atoms with Crippen LogP contribution >= 0.6 is 0 Å². The van der Waals surface area contributed by atoms with Crippen LogP contribution < -0.4 is 11.1 Å². The van der Waals surface area contributed by atoms with Crippen molar-refractivity contribution in [3.05, 3.63) is 53.6 Å². The van der Waals surface area contributed by atoms with Crippen LogP contribution in [0.3, 0.4) is 0 Å². The van der Waals surface area contributed by atoms with Crippen LogP contribution in [0.5, 0.6) is 0 Å². The number of aromatic nitrogens is 2. The molecule has 3 amide bonds. The summed E-state index contributed by atoms with van der Waals surface area (Å²) in [4.78, 5) is 46.5. The van der Waals surface area contributed by atoms with E-state index < -0.39 is 17.7 Å². The van der Waals surface area contributed by atoms with Crippen LogP contribution in [0.4, 0.5) is 5.69 Å². The van der Waals surface area contributed by atoms with Crippen LogP contribution in [0.2, 0.25) is 0 Å². The molecule has 0 unspecified atom stereocenters. The molecule has 0 bridgehead atoms. The van der Waals surface area contributed by atoms with Crippen molar-refractivity contribution >= 4 is 23.4 Å². The van der Waals surface area contributed by atoms with Gasteiger partial charge in [0.2, 0.25) is 5.91 Å². The van der Waals surface area contributed by atoms with Crippen molar-refractivity contribution in [2.75, 3.05) is 11.9 Å². The predicted octanol–water partition coefficient (Wildman–Crippen LogP) is 1.82. The molecule has 8 heteroatoms. The summed E-state index contributed by atoms with van der Waals surface area (Å²) in [6, 6.07) is 5.04. The molecule has 0 aliphatic carbocycles. The molecule has 2 aromatic heterocycles. The molecule has 1 saturated heterocycles. The molecule has 2 aromatic rings. The van der Waals surface area contributed by atoms with Gasteiger partial charge in [-0.1, -0.05) is 13.0 Å². The van der Waals surface area contributed by atoms with Crippen LogP contribution in [-0.2, 0) is 9.59 Å². The number of amides is 3. The summed E-state index contributed by atoms with van der Waals surface area (Å²) in [7, 11) is 0. The number of likely N-dealkylation sites (tertiary alicyclic amines) is 1. The molecule has 28 heavy (non-hydrogen) atoms. The Bertz CT molecular complexity index is 897. The largest absolute Gasteiger partial charge is 0.366 e. The summed E-state index contributed by atoms with van der Waals surface area (Å²) in [5.74, 6) is -1.76. The van der Waals surface area contributed by atoms with E-state index in [0.29, 0.717) is 12.5 Å². The third-order valence-corrected chi connectivity index (χ3v) is 4.87. The maximum Gasteiger partial charge on any atom is 0.313 e. The van der Waals surface area contributed by atoms with Gasteiger partial charge in [-0.25, -0.2) is 0 Å². The van der Waals surface area contributed by atoms with Gasteiger partial charge in [-0.05, 0) is 43.4 Å². The Kier molecular flexibility index (Phi) is 5.67. The second-order valence-corrected chi connectivity index (χ2v) is 7.17. The monoisotopic (exact) mass is 381 g/mol. The minimum absolute atomic E-state index is 0.153. The number of piperidine rings is 1. The van der Waals surface area contributed by atoms with Crippen LogP contribution in [0, 0.1) is 12.8 Å². The fraction of sp³-hybridized carbons (Fsp3) is 0.350. The van der Waals surface area contributed by atoms with Crippen LogP contribution in [-0.4, -0.2) is 39.1 Å².